The van der Waals surface area contributed by atoms with Gasteiger partial charge in [0.15, 0.2) is 0 Å². The Bertz CT molecular complexity index is 1450. The third-order valence-electron chi connectivity index (χ3n) is 5.30. The molecule has 1 aromatic heterocycles. The number of carbonyl (C=O) groups is 4. The molecule has 11 heteroatoms. The number of esters is 1. The van der Waals surface area contributed by atoms with Crippen LogP contribution in [0.1, 0.15) is 28.6 Å². The average molecular weight is 559 g/mol. The van der Waals surface area contributed by atoms with E-state index >= 15 is 0 Å². The highest BCUT2D eigenvalue weighted by atomic mass is 35.5. The van der Waals surface area contributed by atoms with Crippen molar-refractivity contribution >= 4 is 69.8 Å². The summed E-state index contributed by atoms with van der Waals surface area (Å²) in [5.74, 6) is -0.961. The lowest BCUT2D eigenvalue weighted by Gasteiger charge is -2.13. The molecular formula is C26H20Cl2N2O6S. The van der Waals surface area contributed by atoms with Crippen molar-refractivity contribution in [3.63, 3.8) is 0 Å². The Kier molecular flexibility index (Phi) is 8.06. The number of nitrogens with zero attached hydrogens (tertiary/aromatic N) is 1. The second-order valence-electron chi connectivity index (χ2n) is 7.89. The third kappa shape index (κ3) is 6.07. The Morgan fingerprint density at radius 3 is 2.65 bits per heavy atom. The van der Waals surface area contributed by atoms with Crippen molar-refractivity contribution in [3.8, 4) is 11.3 Å². The van der Waals surface area contributed by atoms with Gasteiger partial charge >= 0.3 is 5.97 Å². The SMILES string of the molecule is CCOC(=O)c1cc(-c2ccc(/C=C3/SC(=O)N(CC(=O)Nc4cc(Cl)ccc4C)C3=O)o2)ccc1Cl. The first-order valence-corrected chi connectivity index (χ1v) is 12.6. The van der Waals surface area contributed by atoms with Gasteiger partial charge in [-0.2, -0.15) is 0 Å². The molecule has 0 radical (unpaired) electrons. The lowest BCUT2D eigenvalue weighted by molar-refractivity contribution is -0.127. The van der Waals surface area contributed by atoms with E-state index in [1.54, 1.807) is 62.4 Å². The smallest absolute Gasteiger partial charge is 0.339 e. The normalized spacial score (nSPS) is 14.4. The first kappa shape index (κ1) is 26.5. The molecule has 37 heavy (non-hydrogen) atoms. The number of hydrogen-bond donors (Lipinski definition) is 1. The minimum absolute atomic E-state index is 0.112. The zero-order valence-corrected chi connectivity index (χ0v) is 22.0. The number of halogens is 2. The fraction of sp³-hybridized carbons (Fsp3) is 0.154. The number of carbonyl (C=O) groups excluding carboxylic acids is 4. The van der Waals surface area contributed by atoms with E-state index in [1.165, 1.54) is 6.08 Å². The van der Waals surface area contributed by atoms with Crippen molar-refractivity contribution in [2.24, 2.45) is 0 Å². The average Bonchev–Trinajstić information content (AvgIpc) is 3.42. The fourth-order valence-corrected chi connectivity index (χ4v) is 4.64. The molecule has 3 amide bonds. The summed E-state index contributed by atoms with van der Waals surface area (Å²) < 4.78 is 10.8. The van der Waals surface area contributed by atoms with Gasteiger partial charge in [-0.25, -0.2) is 4.79 Å². The van der Waals surface area contributed by atoms with Crippen molar-refractivity contribution in [1.29, 1.82) is 0 Å². The van der Waals surface area contributed by atoms with Gasteiger partial charge in [-0.1, -0.05) is 29.3 Å². The summed E-state index contributed by atoms with van der Waals surface area (Å²) in [7, 11) is 0. The van der Waals surface area contributed by atoms with E-state index in [0.717, 1.165) is 10.5 Å². The van der Waals surface area contributed by atoms with Crippen molar-refractivity contribution in [1.82, 2.24) is 4.90 Å². The van der Waals surface area contributed by atoms with Crippen LogP contribution in [0.4, 0.5) is 10.5 Å². The molecule has 0 unspecified atom stereocenters. The van der Waals surface area contributed by atoms with Gasteiger partial charge in [-0.3, -0.25) is 19.3 Å². The number of nitrogens with one attached hydrogen (secondary N) is 1. The van der Waals surface area contributed by atoms with Crippen LogP contribution >= 0.6 is 35.0 Å². The lowest BCUT2D eigenvalue weighted by Crippen LogP contribution is -2.36. The standard InChI is InChI=1S/C26H20Cl2N2O6S/c1-3-35-25(33)18-10-15(5-8-19(18)28)21-9-7-17(36-21)12-22-24(32)30(26(34)37-22)13-23(31)29-20-11-16(27)6-4-14(20)2/h4-12H,3,13H2,1-2H3,(H,29,31)/b22-12+. The van der Waals surface area contributed by atoms with Crippen LogP contribution in [0.3, 0.4) is 0 Å². The first-order chi connectivity index (χ1) is 17.7. The summed E-state index contributed by atoms with van der Waals surface area (Å²) in [6.07, 6.45) is 1.43. The molecule has 0 saturated carbocycles. The minimum atomic E-state index is -0.609. The second-order valence-corrected chi connectivity index (χ2v) is 9.73. The van der Waals surface area contributed by atoms with E-state index in [2.05, 4.69) is 5.32 Å². The molecule has 1 fully saturated rings. The lowest BCUT2D eigenvalue weighted by atomic mass is 10.1. The van der Waals surface area contributed by atoms with Gasteiger partial charge in [0.05, 0.1) is 22.1 Å². The topological polar surface area (TPSA) is 106 Å². The maximum absolute atomic E-state index is 12.8. The van der Waals surface area contributed by atoms with Crippen LogP contribution in [0.2, 0.25) is 10.0 Å². The highest BCUT2D eigenvalue weighted by molar-refractivity contribution is 8.18. The summed E-state index contributed by atoms with van der Waals surface area (Å²) in [6, 6.07) is 13.1. The molecule has 2 aromatic carbocycles. The number of furan rings is 1. The third-order valence-corrected chi connectivity index (χ3v) is 6.77. The quantitative estimate of drug-likeness (QED) is 0.263. The monoisotopic (exact) mass is 558 g/mol. The van der Waals surface area contributed by atoms with Crippen LogP contribution < -0.4 is 5.32 Å². The van der Waals surface area contributed by atoms with Crippen molar-refractivity contribution < 1.29 is 28.3 Å². The largest absolute Gasteiger partial charge is 0.462 e. The minimum Gasteiger partial charge on any atom is -0.462 e. The van der Waals surface area contributed by atoms with Crippen LogP contribution in [0.15, 0.2) is 57.9 Å². The Hall–Kier alpha value is -3.53. The van der Waals surface area contributed by atoms with E-state index in [-0.39, 0.29) is 22.1 Å². The van der Waals surface area contributed by atoms with Crippen molar-refractivity contribution in [2.75, 3.05) is 18.5 Å². The molecule has 0 atom stereocenters. The number of rotatable bonds is 7. The molecule has 0 aliphatic carbocycles. The number of benzene rings is 2. The van der Waals surface area contributed by atoms with Crippen LogP contribution in [0.25, 0.3) is 17.4 Å². The van der Waals surface area contributed by atoms with E-state index < -0.39 is 29.6 Å². The van der Waals surface area contributed by atoms with Gasteiger partial charge in [0.25, 0.3) is 11.1 Å². The molecule has 1 saturated heterocycles. The molecule has 1 aliphatic heterocycles. The highest BCUT2D eigenvalue weighted by Crippen LogP contribution is 2.34. The molecule has 2 heterocycles. The molecule has 4 rings (SSSR count). The summed E-state index contributed by atoms with van der Waals surface area (Å²) in [4.78, 5) is 50.9. The second kappa shape index (κ2) is 11.2. The number of thioether (sulfide) groups is 1. The van der Waals surface area contributed by atoms with Crippen molar-refractivity contribution in [2.45, 2.75) is 13.8 Å². The summed E-state index contributed by atoms with van der Waals surface area (Å²) in [5, 5.41) is 2.79. The number of anilines is 1. The summed E-state index contributed by atoms with van der Waals surface area (Å²) in [5.41, 5.74) is 2.06. The number of hydrogen-bond acceptors (Lipinski definition) is 7. The van der Waals surface area contributed by atoms with Gasteiger partial charge in [0.2, 0.25) is 5.91 Å². The molecule has 3 aromatic rings. The Balaban J connectivity index is 1.47. The Morgan fingerprint density at radius 2 is 1.89 bits per heavy atom. The maximum Gasteiger partial charge on any atom is 0.339 e. The summed E-state index contributed by atoms with van der Waals surface area (Å²) >= 11 is 12.8. The van der Waals surface area contributed by atoms with Crippen LogP contribution in [-0.4, -0.2) is 41.1 Å². The Morgan fingerprint density at radius 1 is 1.11 bits per heavy atom. The molecule has 1 aliphatic rings. The first-order valence-electron chi connectivity index (χ1n) is 11.0. The number of imide groups is 1. The number of ether oxygens (including phenoxy) is 1. The van der Waals surface area contributed by atoms with Gasteiger partial charge in [0.1, 0.15) is 18.1 Å². The van der Waals surface area contributed by atoms with Gasteiger partial charge in [0, 0.05) is 22.3 Å². The number of aryl methyl sites for hydroxylation is 1. The van der Waals surface area contributed by atoms with Gasteiger partial charge in [-0.05, 0) is 73.6 Å². The van der Waals surface area contributed by atoms with E-state index in [0.29, 0.717) is 39.6 Å². The molecule has 0 spiro atoms. The molecule has 0 bridgehead atoms. The van der Waals surface area contributed by atoms with Crippen molar-refractivity contribution in [3.05, 3.63) is 80.4 Å². The highest BCUT2D eigenvalue weighted by Gasteiger charge is 2.36. The maximum atomic E-state index is 12.8. The summed E-state index contributed by atoms with van der Waals surface area (Å²) in [6.45, 7) is 3.26. The van der Waals surface area contributed by atoms with E-state index in [1.807, 2.05) is 0 Å². The van der Waals surface area contributed by atoms with Crippen LogP contribution in [-0.2, 0) is 14.3 Å². The zero-order chi connectivity index (χ0) is 26.7. The van der Waals surface area contributed by atoms with Crippen LogP contribution in [0, 0.1) is 6.92 Å². The molecular weight excluding hydrogens is 539 g/mol. The number of amides is 3. The van der Waals surface area contributed by atoms with E-state index in [9.17, 15) is 19.2 Å². The predicted molar refractivity (Wildman–Crippen MR) is 143 cm³/mol. The predicted octanol–water partition coefficient (Wildman–Crippen LogP) is 6.41. The Labute approximate surface area is 226 Å². The fourth-order valence-electron chi connectivity index (χ4n) is 3.46. The van der Waals surface area contributed by atoms with Gasteiger partial charge < -0.3 is 14.5 Å². The van der Waals surface area contributed by atoms with Crippen LogP contribution in [0.5, 0.6) is 0 Å². The van der Waals surface area contributed by atoms with E-state index in [4.69, 9.17) is 32.4 Å². The van der Waals surface area contributed by atoms with Gasteiger partial charge in [-0.15, -0.1) is 0 Å². The molecule has 8 nitrogen and oxygen atoms in total. The zero-order valence-electron chi connectivity index (χ0n) is 19.7. The molecule has 190 valence electrons. The molecule has 1 N–H and O–H groups in total.